The second-order valence-corrected chi connectivity index (χ2v) is 8.23. The zero-order valence-corrected chi connectivity index (χ0v) is 17.8. The molecule has 1 fully saturated rings. The molecule has 0 radical (unpaired) electrons. The normalized spacial score (nSPS) is 15.9. The smallest absolute Gasteiger partial charge is 0.367 e. The number of hydrogen-bond donors (Lipinski definition) is 1. The molecule has 1 saturated heterocycles. The number of amides is 1. The molecule has 4 rings (SSSR count). The summed E-state index contributed by atoms with van der Waals surface area (Å²) in [7, 11) is 1.22. The molecular formula is C21H19F3N4O3S. The summed E-state index contributed by atoms with van der Waals surface area (Å²) in [6, 6.07) is 5.52. The number of benzene rings is 1. The first kappa shape index (κ1) is 22.0. The molecule has 1 N–H and O–H groups in total. The van der Waals surface area contributed by atoms with E-state index in [1.165, 1.54) is 30.7 Å². The van der Waals surface area contributed by atoms with Gasteiger partial charge in [0.05, 0.1) is 18.2 Å². The van der Waals surface area contributed by atoms with Crippen LogP contribution in [0.1, 0.15) is 39.4 Å². The molecule has 1 aliphatic heterocycles. The number of ether oxygens (including phenoxy) is 1. The number of halogens is 3. The van der Waals surface area contributed by atoms with Crippen molar-refractivity contribution in [2.24, 2.45) is 0 Å². The Labute approximate surface area is 185 Å². The molecule has 1 aromatic carbocycles. The number of aromatic nitrogens is 2. The number of fused-ring (bicyclic) bond motifs is 1. The fourth-order valence-electron chi connectivity index (χ4n) is 3.51. The standard InChI is InChI=1S/C21H19F3N4O3S/c1-31-20(30)19-27-16(11-32-19)26-18(29)14-9-12-3-4-13(22)10-15(12)25-17(14)28-7-2-5-21(23,24)6-8-28/h3-4,9-11H,2,5-8H2,1H3,(H,26,29). The summed E-state index contributed by atoms with van der Waals surface area (Å²) in [6.07, 6.45) is -0.390. The Morgan fingerprint density at radius 3 is 2.78 bits per heavy atom. The highest BCUT2D eigenvalue weighted by Gasteiger charge is 2.33. The monoisotopic (exact) mass is 464 g/mol. The molecule has 0 saturated carbocycles. The van der Waals surface area contributed by atoms with Gasteiger partial charge in [-0.3, -0.25) is 4.79 Å². The van der Waals surface area contributed by atoms with Crippen molar-refractivity contribution in [2.75, 3.05) is 30.4 Å². The van der Waals surface area contributed by atoms with Gasteiger partial charge in [0.15, 0.2) is 0 Å². The predicted octanol–water partition coefficient (Wildman–Crippen LogP) is 4.49. The molecule has 1 amide bonds. The first-order chi connectivity index (χ1) is 15.3. The van der Waals surface area contributed by atoms with Gasteiger partial charge in [-0.1, -0.05) is 0 Å². The van der Waals surface area contributed by atoms with Crippen LogP contribution in [0.15, 0.2) is 29.6 Å². The minimum Gasteiger partial charge on any atom is -0.464 e. The number of nitrogens with one attached hydrogen (secondary N) is 1. The summed E-state index contributed by atoms with van der Waals surface area (Å²) < 4.78 is 46.1. The highest BCUT2D eigenvalue weighted by molar-refractivity contribution is 7.12. The predicted molar refractivity (Wildman–Crippen MR) is 114 cm³/mol. The molecule has 0 aliphatic carbocycles. The van der Waals surface area contributed by atoms with Gasteiger partial charge >= 0.3 is 5.97 Å². The number of carbonyl (C=O) groups excluding carboxylic acids is 2. The number of nitrogens with zero attached hydrogens (tertiary/aromatic N) is 3. The highest BCUT2D eigenvalue weighted by atomic mass is 32.1. The molecule has 7 nitrogen and oxygen atoms in total. The van der Waals surface area contributed by atoms with Crippen LogP contribution in [0.5, 0.6) is 0 Å². The van der Waals surface area contributed by atoms with Crippen LogP contribution in [-0.2, 0) is 4.74 Å². The summed E-state index contributed by atoms with van der Waals surface area (Å²) >= 11 is 1.01. The number of alkyl halides is 2. The van der Waals surface area contributed by atoms with Crippen molar-refractivity contribution in [3.05, 3.63) is 46.0 Å². The van der Waals surface area contributed by atoms with Gasteiger partial charge in [-0.25, -0.2) is 27.9 Å². The molecule has 168 valence electrons. The lowest BCUT2D eigenvalue weighted by Crippen LogP contribution is -2.29. The van der Waals surface area contributed by atoms with Crippen LogP contribution in [0.2, 0.25) is 0 Å². The fourth-order valence-corrected chi connectivity index (χ4v) is 4.18. The molecule has 11 heteroatoms. The van der Waals surface area contributed by atoms with Crippen molar-refractivity contribution < 1.29 is 27.5 Å². The van der Waals surface area contributed by atoms with Crippen LogP contribution in [0.3, 0.4) is 0 Å². The third-order valence-corrected chi connectivity index (χ3v) is 5.95. The molecule has 1 aliphatic rings. The van der Waals surface area contributed by atoms with Crippen LogP contribution < -0.4 is 10.2 Å². The zero-order valence-electron chi connectivity index (χ0n) is 17.0. The minimum absolute atomic E-state index is 0.00426. The molecule has 2 aromatic heterocycles. The van der Waals surface area contributed by atoms with Crippen molar-refractivity contribution in [1.29, 1.82) is 0 Å². The third kappa shape index (κ3) is 4.67. The number of carbonyl (C=O) groups is 2. The number of pyridine rings is 1. The van der Waals surface area contributed by atoms with Gasteiger partial charge in [0.2, 0.25) is 10.9 Å². The van der Waals surface area contributed by atoms with Crippen molar-refractivity contribution in [3.8, 4) is 0 Å². The number of anilines is 2. The van der Waals surface area contributed by atoms with Crippen LogP contribution >= 0.6 is 11.3 Å². The molecule has 3 aromatic rings. The molecule has 32 heavy (non-hydrogen) atoms. The SMILES string of the molecule is COC(=O)c1nc(NC(=O)c2cc3ccc(F)cc3nc2N2CCCC(F)(F)CC2)cs1. The van der Waals surface area contributed by atoms with E-state index in [9.17, 15) is 22.8 Å². The van der Waals surface area contributed by atoms with E-state index < -0.39 is 23.6 Å². The van der Waals surface area contributed by atoms with Gasteiger partial charge in [0.25, 0.3) is 5.91 Å². The Kier molecular flexibility index (Phi) is 6.00. The van der Waals surface area contributed by atoms with Gasteiger partial charge in [-0.15, -0.1) is 11.3 Å². The lowest BCUT2D eigenvalue weighted by molar-refractivity contribution is -0.0102. The van der Waals surface area contributed by atoms with Gasteiger partial charge < -0.3 is 15.0 Å². The van der Waals surface area contributed by atoms with Gasteiger partial charge in [0.1, 0.15) is 17.5 Å². The second-order valence-electron chi connectivity index (χ2n) is 7.38. The van der Waals surface area contributed by atoms with Gasteiger partial charge in [-0.2, -0.15) is 0 Å². The molecule has 0 bridgehead atoms. The summed E-state index contributed by atoms with van der Waals surface area (Å²) in [4.78, 5) is 34.8. The average Bonchev–Trinajstić information content (AvgIpc) is 3.14. The van der Waals surface area contributed by atoms with E-state index in [1.54, 1.807) is 11.0 Å². The molecule has 0 unspecified atom stereocenters. The third-order valence-electron chi connectivity index (χ3n) is 5.13. The summed E-state index contributed by atoms with van der Waals surface area (Å²) in [6.45, 7) is 0.289. The number of rotatable bonds is 4. The Hall–Kier alpha value is -3.21. The Balaban J connectivity index is 1.70. The van der Waals surface area contributed by atoms with E-state index in [-0.39, 0.29) is 54.6 Å². The summed E-state index contributed by atoms with van der Waals surface area (Å²) in [5.74, 6) is -4.14. The lowest BCUT2D eigenvalue weighted by atomic mass is 10.1. The van der Waals surface area contributed by atoms with E-state index in [2.05, 4.69) is 20.0 Å². The molecule has 0 spiro atoms. The topological polar surface area (TPSA) is 84.4 Å². The fraction of sp³-hybridized carbons (Fsp3) is 0.333. The van der Waals surface area contributed by atoms with Crippen molar-refractivity contribution in [3.63, 3.8) is 0 Å². The van der Waals surface area contributed by atoms with Crippen molar-refractivity contribution >= 4 is 45.8 Å². The zero-order chi connectivity index (χ0) is 22.9. The Morgan fingerprint density at radius 2 is 2.00 bits per heavy atom. The second kappa shape index (κ2) is 8.73. The summed E-state index contributed by atoms with van der Waals surface area (Å²) in [5.41, 5.74) is 0.455. The molecule has 0 atom stereocenters. The van der Waals surface area contributed by atoms with Gasteiger partial charge in [-0.05, 0) is 24.6 Å². The highest BCUT2D eigenvalue weighted by Crippen LogP contribution is 2.32. The number of hydrogen-bond acceptors (Lipinski definition) is 7. The maximum Gasteiger partial charge on any atom is 0.367 e. The van der Waals surface area contributed by atoms with E-state index in [0.717, 1.165) is 11.3 Å². The maximum absolute atomic E-state index is 13.9. The number of esters is 1. The van der Waals surface area contributed by atoms with E-state index in [1.807, 2.05) is 0 Å². The molecular weight excluding hydrogens is 445 g/mol. The van der Waals surface area contributed by atoms with E-state index in [4.69, 9.17) is 0 Å². The first-order valence-electron chi connectivity index (χ1n) is 9.84. The van der Waals surface area contributed by atoms with E-state index in [0.29, 0.717) is 10.9 Å². The van der Waals surface area contributed by atoms with Crippen LogP contribution in [0.25, 0.3) is 10.9 Å². The largest absolute Gasteiger partial charge is 0.464 e. The lowest BCUT2D eigenvalue weighted by Gasteiger charge is -2.24. The Morgan fingerprint density at radius 1 is 1.19 bits per heavy atom. The van der Waals surface area contributed by atoms with Crippen LogP contribution in [0, 0.1) is 5.82 Å². The maximum atomic E-state index is 13.9. The quantitative estimate of drug-likeness (QED) is 0.573. The van der Waals surface area contributed by atoms with Crippen LogP contribution in [-0.4, -0.2) is 48.0 Å². The number of methoxy groups -OCH3 is 1. The molecule has 3 heterocycles. The Bertz CT molecular complexity index is 1180. The van der Waals surface area contributed by atoms with Crippen LogP contribution in [0.4, 0.5) is 24.8 Å². The first-order valence-corrected chi connectivity index (χ1v) is 10.7. The minimum atomic E-state index is -2.79. The number of thiazole rings is 1. The van der Waals surface area contributed by atoms with Crippen molar-refractivity contribution in [2.45, 2.75) is 25.2 Å². The van der Waals surface area contributed by atoms with Crippen molar-refractivity contribution in [1.82, 2.24) is 9.97 Å². The van der Waals surface area contributed by atoms with Gasteiger partial charge in [0, 0.05) is 42.8 Å². The average molecular weight is 464 g/mol. The van der Waals surface area contributed by atoms with E-state index >= 15 is 0 Å². The summed E-state index contributed by atoms with van der Waals surface area (Å²) in [5, 5.41) is 4.69.